The molecular weight excluding hydrogens is 308 g/mol. The Bertz CT molecular complexity index is 501. The van der Waals surface area contributed by atoms with Gasteiger partial charge in [-0.2, -0.15) is 0 Å². The molecule has 0 spiro atoms. The molecule has 0 saturated carbocycles. The molecule has 2 amide bonds. The predicted molar refractivity (Wildman–Crippen MR) is 93.1 cm³/mol. The van der Waals surface area contributed by atoms with Gasteiger partial charge in [0.05, 0.1) is 0 Å². The number of hydrogen-bond donors (Lipinski definition) is 3. The Labute approximate surface area is 143 Å². The minimum absolute atomic E-state index is 0.0207. The SMILES string of the molecule is CC(=O)CCNC(=O)CC(C)(C)CO.O=CNCc1ccccc1. The monoisotopic (exact) mass is 336 g/mol. The number of Topliss-reactive ketones (excluding diaryl/α,β-unsaturated/α-hetero) is 1. The van der Waals surface area contributed by atoms with Crippen LogP contribution in [0.25, 0.3) is 0 Å². The summed E-state index contributed by atoms with van der Waals surface area (Å²) in [5.41, 5.74) is 0.731. The smallest absolute Gasteiger partial charge is 0.220 e. The average molecular weight is 336 g/mol. The summed E-state index contributed by atoms with van der Waals surface area (Å²) in [4.78, 5) is 31.7. The highest BCUT2D eigenvalue weighted by atomic mass is 16.3. The Hall–Kier alpha value is -2.21. The van der Waals surface area contributed by atoms with Crippen molar-refractivity contribution in [1.82, 2.24) is 10.6 Å². The summed E-state index contributed by atoms with van der Waals surface area (Å²) in [6, 6.07) is 9.78. The van der Waals surface area contributed by atoms with Crippen LogP contribution in [-0.4, -0.2) is 36.4 Å². The van der Waals surface area contributed by atoms with Crippen molar-refractivity contribution in [2.45, 2.75) is 40.2 Å². The Morgan fingerprint density at radius 3 is 2.33 bits per heavy atom. The molecule has 134 valence electrons. The largest absolute Gasteiger partial charge is 0.396 e. The number of aliphatic hydroxyl groups excluding tert-OH is 1. The fourth-order valence-electron chi connectivity index (χ4n) is 1.69. The fraction of sp³-hybridized carbons (Fsp3) is 0.500. The highest BCUT2D eigenvalue weighted by Gasteiger charge is 2.20. The zero-order valence-electron chi connectivity index (χ0n) is 14.7. The lowest BCUT2D eigenvalue weighted by molar-refractivity contribution is -0.123. The van der Waals surface area contributed by atoms with Crippen LogP contribution in [0.1, 0.15) is 39.2 Å². The van der Waals surface area contributed by atoms with E-state index in [9.17, 15) is 14.4 Å². The van der Waals surface area contributed by atoms with E-state index in [0.717, 1.165) is 5.56 Å². The third-order valence-corrected chi connectivity index (χ3v) is 3.10. The molecule has 0 heterocycles. The second-order valence-electron chi connectivity index (χ2n) is 6.29. The topological polar surface area (TPSA) is 95.5 Å². The van der Waals surface area contributed by atoms with Crippen LogP contribution in [0.15, 0.2) is 30.3 Å². The van der Waals surface area contributed by atoms with Crippen molar-refractivity contribution in [3.63, 3.8) is 0 Å². The van der Waals surface area contributed by atoms with Gasteiger partial charge in [0.25, 0.3) is 0 Å². The number of nitrogens with one attached hydrogen (secondary N) is 2. The number of ketones is 1. The first-order valence-corrected chi connectivity index (χ1v) is 7.88. The van der Waals surface area contributed by atoms with E-state index < -0.39 is 0 Å². The summed E-state index contributed by atoms with van der Waals surface area (Å²) >= 11 is 0. The summed E-state index contributed by atoms with van der Waals surface area (Å²) < 4.78 is 0. The van der Waals surface area contributed by atoms with E-state index in [0.29, 0.717) is 25.9 Å². The van der Waals surface area contributed by atoms with Crippen LogP contribution in [0, 0.1) is 5.41 Å². The molecule has 0 aliphatic rings. The molecule has 0 saturated heterocycles. The van der Waals surface area contributed by atoms with Crippen LogP contribution in [0.4, 0.5) is 0 Å². The first-order valence-electron chi connectivity index (χ1n) is 7.88. The van der Waals surface area contributed by atoms with Crippen molar-refractivity contribution in [1.29, 1.82) is 0 Å². The van der Waals surface area contributed by atoms with Gasteiger partial charge in [0.2, 0.25) is 12.3 Å². The summed E-state index contributed by atoms with van der Waals surface area (Å²) in [6.07, 6.45) is 1.35. The number of rotatable bonds is 9. The van der Waals surface area contributed by atoms with Gasteiger partial charge in [0.1, 0.15) is 5.78 Å². The molecule has 24 heavy (non-hydrogen) atoms. The number of aliphatic hydroxyl groups is 1. The van der Waals surface area contributed by atoms with Crippen LogP contribution in [0.5, 0.6) is 0 Å². The van der Waals surface area contributed by atoms with E-state index >= 15 is 0 Å². The summed E-state index contributed by atoms with van der Waals surface area (Å²) in [6.45, 7) is 6.10. The molecule has 0 aromatic heterocycles. The Kier molecular flexibility index (Phi) is 11.1. The van der Waals surface area contributed by atoms with Crippen molar-refractivity contribution >= 4 is 18.1 Å². The Balaban J connectivity index is 0.000000463. The lowest BCUT2D eigenvalue weighted by Crippen LogP contribution is -2.31. The Morgan fingerprint density at radius 2 is 1.83 bits per heavy atom. The van der Waals surface area contributed by atoms with Crippen LogP contribution >= 0.6 is 0 Å². The highest BCUT2D eigenvalue weighted by Crippen LogP contribution is 2.18. The maximum atomic E-state index is 11.3. The summed E-state index contributed by atoms with van der Waals surface area (Å²) in [7, 11) is 0. The molecule has 0 bridgehead atoms. The lowest BCUT2D eigenvalue weighted by Gasteiger charge is -2.20. The molecule has 3 N–H and O–H groups in total. The maximum Gasteiger partial charge on any atom is 0.220 e. The number of carbonyl (C=O) groups excluding carboxylic acids is 3. The number of amides is 2. The van der Waals surface area contributed by atoms with E-state index in [1.54, 1.807) is 0 Å². The normalized spacial score (nSPS) is 10.2. The van der Waals surface area contributed by atoms with E-state index in [2.05, 4.69) is 10.6 Å². The molecule has 0 fully saturated rings. The standard InChI is InChI=1S/C10H19NO3.C8H9NO/c1-8(13)4-5-11-9(14)6-10(2,3)7-12;10-7-9-6-8-4-2-1-3-5-8/h12H,4-7H2,1-3H3,(H,11,14);1-5,7H,6H2,(H,9,10). The molecule has 0 unspecified atom stereocenters. The molecule has 1 aromatic rings. The number of carbonyl (C=O) groups is 3. The van der Waals surface area contributed by atoms with Gasteiger partial charge in [0, 0.05) is 32.5 Å². The van der Waals surface area contributed by atoms with Crippen LogP contribution < -0.4 is 10.6 Å². The van der Waals surface area contributed by atoms with E-state index in [1.807, 2.05) is 44.2 Å². The van der Waals surface area contributed by atoms with Gasteiger partial charge in [-0.05, 0) is 17.9 Å². The second kappa shape index (κ2) is 12.2. The molecule has 1 aromatic carbocycles. The number of benzene rings is 1. The quantitative estimate of drug-likeness (QED) is 0.594. The molecule has 0 radical (unpaired) electrons. The fourth-order valence-corrected chi connectivity index (χ4v) is 1.69. The molecular formula is C18H28N2O4. The summed E-state index contributed by atoms with van der Waals surface area (Å²) in [5, 5.41) is 14.1. The van der Waals surface area contributed by atoms with Gasteiger partial charge in [0.15, 0.2) is 0 Å². The minimum Gasteiger partial charge on any atom is -0.396 e. The Morgan fingerprint density at radius 1 is 1.21 bits per heavy atom. The van der Waals surface area contributed by atoms with Gasteiger partial charge >= 0.3 is 0 Å². The zero-order valence-corrected chi connectivity index (χ0v) is 14.7. The van der Waals surface area contributed by atoms with Crippen LogP contribution in [-0.2, 0) is 20.9 Å². The predicted octanol–water partition coefficient (Wildman–Crippen LogP) is 1.42. The molecule has 0 atom stereocenters. The third kappa shape index (κ3) is 12.3. The first-order chi connectivity index (χ1) is 11.3. The van der Waals surface area contributed by atoms with Gasteiger partial charge in [-0.3, -0.25) is 14.4 Å². The van der Waals surface area contributed by atoms with Crippen LogP contribution in [0.2, 0.25) is 0 Å². The second-order valence-corrected chi connectivity index (χ2v) is 6.29. The third-order valence-electron chi connectivity index (χ3n) is 3.10. The molecule has 1 rings (SSSR count). The highest BCUT2D eigenvalue weighted by molar-refractivity contribution is 5.79. The van der Waals surface area contributed by atoms with Gasteiger partial charge in [-0.25, -0.2) is 0 Å². The molecule has 6 nitrogen and oxygen atoms in total. The van der Waals surface area contributed by atoms with Crippen molar-refractivity contribution in [2.75, 3.05) is 13.2 Å². The summed E-state index contributed by atoms with van der Waals surface area (Å²) in [5.74, 6) is -0.0583. The van der Waals surface area contributed by atoms with Crippen molar-refractivity contribution in [3.05, 3.63) is 35.9 Å². The maximum absolute atomic E-state index is 11.3. The number of hydrogen-bond acceptors (Lipinski definition) is 4. The van der Waals surface area contributed by atoms with Crippen molar-refractivity contribution in [3.8, 4) is 0 Å². The first kappa shape index (κ1) is 21.8. The van der Waals surface area contributed by atoms with E-state index in [1.165, 1.54) is 6.92 Å². The van der Waals surface area contributed by atoms with Crippen LogP contribution in [0.3, 0.4) is 0 Å². The van der Waals surface area contributed by atoms with Gasteiger partial charge in [-0.1, -0.05) is 44.2 Å². The van der Waals surface area contributed by atoms with E-state index in [-0.39, 0.29) is 30.1 Å². The van der Waals surface area contributed by atoms with Gasteiger partial charge in [-0.15, -0.1) is 0 Å². The zero-order chi connectivity index (χ0) is 18.4. The lowest BCUT2D eigenvalue weighted by atomic mass is 9.90. The average Bonchev–Trinajstić information content (AvgIpc) is 2.53. The van der Waals surface area contributed by atoms with E-state index in [4.69, 9.17) is 5.11 Å². The van der Waals surface area contributed by atoms with Crippen molar-refractivity contribution in [2.24, 2.45) is 5.41 Å². The minimum atomic E-state index is -0.389. The van der Waals surface area contributed by atoms with Crippen molar-refractivity contribution < 1.29 is 19.5 Å². The molecule has 6 heteroatoms. The van der Waals surface area contributed by atoms with Gasteiger partial charge < -0.3 is 15.7 Å². The molecule has 0 aliphatic heterocycles. The molecule has 0 aliphatic carbocycles.